The smallest absolute Gasteiger partial charge is 0.157 e. The van der Waals surface area contributed by atoms with Crippen molar-refractivity contribution in [2.75, 3.05) is 0 Å². The Bertz CT molecular complexity index is 359. The molecule has 0 aromatic carbocycles. The lowest BCUT2D eigenvalue weighted by Crippen LogP contribution is -2.38. The molecule has 0 radical (unpaired) electrons. The normalized spacial score (nSPS) is 14.6. The van der Waals surface area contributed by atoms with Crippen molar-refractivity contribution in [3.8, 4) is 0 Å². The summed E-state index contributed by atoms with van der Waals surface area (Å²) in [5, 5.41) is 0. The Balaban J connectivity index is 2.64. The van der Waals surface area contributed by atoms with Gasteiger partial charge in [-0.15, -0.1) is 0 Å². The molecule has 0 aliphatic carbocycles. The Morgan fingerprint density at radius 1 is 1.53 bits per heavy atom. The first-order valence-electron chi connectivity index (χ1n) is 6.38. The van der Waals surface area contributed by atoms with Crippen LogP contribution in [0.1, 0.15) is 39.4 Å². The summed E-state index contributed by atoms with van der Waals surface area (Å²) in [6.45, 7) is 7.08. The van der Waals surface area contributed by atoms with Crippen LogP contribution in [0.25, 0.3) is 0 Å². The van der Waals surface area contributed by atoms with Crippen LogP contribution in [0.4, 0.5) is 0 Å². The zero-order chi connectivity index (χ0) is 12.8. The average Bonchev–Trinajstić information content (AvgIpc) is 2.75. The van der Waals surface area contributed by atoms with Crippen molar-refractivity contribution < 1.29 is 4.79 Å². The number of rotatable bonds is 7. The molecule has 2 unspecified atom stereocenters. The molecule has 0 spiro atoms. The Morgan fingerprint density at radius 2 is 2.24 bits per heavy atom. The van der Waals surface area contributed by atoms with Crippen molar-refractivity contribution in [2.45, 2.75) is 52.6 Å². The number of nitrogens with zero attached hydrogens (tertiary/aromatic N) is 2. The van der Waals surface area contributed by atoms with Gasteiger partial charge in [0.25, 0.3) is 0 Å². The molecule has 2 atom stereocenters. The number of hydrogen-bond donors (Lipinski definition) is 1. The van der Waals surface area contributed by atoms with Crippen LogP contribution in [0.5, 0.6) is 0 Å². The monoisotopic (exact) mass is 237 g/mol. The maximum atomic E-state index is 12.0. The van der Waals surface area contributed by atoms with Crippen LogP contribution in [0.2, 0.25) is 0 Å². The Kier molecular flexibility index (Phi) is 5.35. The standard InChI is InChI=1S/C13H23N3O/c1-4-7-16-8-6-15-12(16)9-11(17)13(14)10(3)5-2/h6,8,10,13H,4-5,7,9,14H2,1-3H3. The minimum absolute atomic E-state index is 0.0860. The lowest BCUT2D eigenvalue weighted by Gasteiger charge is -2.17. The molecular formula is C13H23N3O. The number of aryl methyl sites for hydroxylation is 1. The number of carbonyl (C=O) groups excluding carboxylic acids is 1. The minimum atomic E-state index is -0.369. The number of ketones is 1. The predicted octanol–water partition coefficient (Wildman–Crippen LogP) is 1.78. The van der Waals surface area contributed by atoms with Gasteiger partial charge in [0.1, 0.15) is 5.82 Å². The summed E-state index contributed by atoms with van der Waals surface area (Å²) in [5.74, 6) is 1.15. The molecule has 4 nitrogen and oxygen atoms in total. The maximum Gasteiger partial charge on any atom is 0.157 e. The van der Waals surface area contributed by atoms with Crippen molar-refractivity contribution >= 4 is 5.78 Å². The molecule has 0 aliphatic rings. The highest BCUT2D eigenvalue weighted by atomic mass is 16.1. The topological polar surface area (TPSA) is 60.9 Å². The van der Waals surface area contributed by atoms with Crippen LogP contribution in [-0.4, -0.2) is 21.4 Å². The fraction of sp³-hybridized carbons (Fsp3) is 0.692. The zero-order valence-corrected chi connectivity index (χ0v) is 11.0. The van der Waals surface area contributed by atoms with E-state index in [4.69, 9.17) is 5.73 Å². The molecular weight excluding hydrogens is 214 g/mol. The van der Waals surface area contributed by atoms with Crippen LogP contribution in [0.15, 0.2) is 12.4 Å². The SMILES string of the molecule is CCCn1ccnc1CC(=O)C(N)C(C)CC. The van der Waals surface area contributed by atoms with Gasteiger partial charge < -0.3 is 10.3 Å². The van der Waals surface area contributed by atoms with Gasteiger partial charge in [-0.2, -0.15) is 0 Å². The lowest BCUT2D eigenvalue weighted by molar-refractivity contribution is -0.120. The summed E-state index contributed by atoms with van der Waals surface area (Å²) in [6, 6.07) is -0.369. The molecule has 1 aromatic heterocycles. The van der Waals surface area contributed by atoms with Gasteiger partial charge in [0, 0.05) is 18.9 Å². The van der Waals surface area contributed by atoms with E-state index in [0.29, 0.717) is 6.42 Å². The van der Waals surface area contributed by atoms with Gasteiger partial charge in [-0.25, -0.2) is 4.98 Å². The molecule has 2 N–H and O–H groups in total. The summed E-state index contributed by atoms with van der Waals surface area (Å²) >= 11 is 0. The van der Waals surface area contributed by atoms with E-state index in [9.17, 15) is 4.79 Å². The molecule has 1 heterocycles. The first-order chi connectivity index (χ1) is 8.10. The van der Waals surface area contributed by atoms with Gasteiger partial charge in [0.15, 0.2) is 5.78 Å². The number of Topliss-reactive ketones (excluding diaryl/α,β-unsaturated/α-hetero) is 1. The van der Waals surface area contributed by atoms with Crippen molar-refractivity contribution in [3.05, 3.63) is 18.2 Å². The van der Waals surface area contributed by atoms with Gasteiger partial charge in [-0.3, -0.25) is 4.79 Å². The molecule has 17 heavy (non-hydrogen) atoms. The predicted molar refractivity (Wildman–Crippen MR) is 68.7 cm³/mol. The lowest BCUT2D eigenvalue weighted by atomic mass is 9.95. The number of carbonyl (C=O) groups is 1. The fourth-order valence-corrected chi connectivity index (χ4v) is 1.80. The van der Waals surface area contributed by atoms with E-state index in [-0.39, 0.29) is 17.7 Å². The highest BCUT2D eigenvalue weighted by molar-refractivity contribution is 5.85. The van der Waals surface area contributed by atoms with Gasteiger partial charge in [-0.1, -0.05) is 27.2 Å². The second-order valence-corrected chi connectivity index (χ2v) is 4.59. The largest absolute Gasteiger partial charge is 0.335 e. The highest BCUT2D eigenvalue weighted by Crippen LogP contribution is 2.09. The van der Waals surface area contributed by atoms with E-state index in [2.05, 4.69) is 18.8 Å². The molecule has 0 bridgehead atoms. The molecule has 0 saturated heterocycles. The summed E-state index contributed by atoms with van der Waals surface area (Å²) in [4.78, 5) is 16.2. The molecule has 0 aliphatic heterocycles. The summed E-state index contributed by atoms with van der Waals surface area (Å²) in [7, 11) is 0. The van der Waals surface area contributed by atoms with E-state index in [1.165, 1.54) is 0 Å². The molecule has 0 amide bonds. The summed E-state index contributed by atoms with van der Waals surface area (Å²) < 4.78 is 2.03. The molecule has 1 aromatic rings. The van der Waals surface area contributed by atoms with Crippen molar-refractivity contribution in [1.82, 2.24) is 9.55 Å². The van der Waals surface area contributed by atoms with Crippen LogP contribution < -0.4 is 5.73 Å². The molecule has 0 saturated carbocycles. The Labute approximate surface area is 103 Å². The number of nitrogens with two attached hydrogens (primary N) is 1. The second-order valence-electron chi connectivity index (χ2n) is 4.59. The molecule has 1 rings (SSSR count). The second kappa shape index (κ2) is 6.55. The van der Waals surface area contributed by atoms with Crippen LogP contribution in [0, 0.1) is 5.92 Å². The average molecular weight is 237 g/mol. The number of aromatic nitrogens is 2. The van der Waals surface area contributed by atoms with E-state index in [0.717, 1.165) is 25.2 Å². The van der Waals surface area contributed by atoms with Crippen molar-refractivity contribution in [1.29, 1.82) is 0 Å². The first-order valence-corrected chi connectivity index (χ1v) is 6.38. The number of imidazole rings is 1. The third-order valence-electron chi connectivity index (χ3n) is 3.23. The van der Waals surface area contributed by atoms with Crippen molar-refractivity contribution in [2.24, 2.45) is 11.7 Å². The van der Waals surface area contributed by atoms with Gasteiger partial charge in [0.05, 0.1) is 12.5 Å². The van der Waals surface area contributed by atoms with Crippen LogP contribution in [-0.2, 0) is 17.8 Å². The fourth-order valence-electron chi connectivity index (χ4n) is 1.80. The van der Waals surface area contributed by atoms with Gasteiger partial charge in [-0.05, 0) is 12.3 Å². The summed E-state index contributed by atoms with van der Waals surface area (Å²) in [5.41, 5.74) is 5.93. The van der Waals surface area contributed by atoms with Crippen molar-refractivity contribution in [3.63, 3.8) is 0 Å². The van der Waals surface area contributed by atoms with E-state index < -0.39 is 0 Å². The molecule has 0 fully saturated rings. The van der Waals surface area contributed by atoms with Gasteiger partial charge in [0.2, 0.25) is 0 Å². The third-order valence-corrected chi connectivity index (χ3v) is 3.23. The molecule has 96 valence electrons. The quantitative estimate of drug-likeness (QED) is 0.786. The summed E-state index contributed by atoms with van der Waals surface area (Å²) in [6.07, 6.45) is 5.97. The van der Waals surface area contributed by atoms with Gasteiger partial charge >= 0.3 is 0 Å². The van der Waals surface area contributed by atoms with E-state index in [1.54, 1.807) is 6.20 Å². The Hall–Kier alpha value is -1.16. The number of hydrogen-bond acceptors (Lipinski definition) is 3. The highest BCUT2D eigenvalue weighted by Gasteiger charge is 2.20. The van der Waals surface area contributed by atoms with E-state index in [1.807, 2.05) is 17.7 Å². The maximum absolute atomic E-state index is 12.0. The molecule has 4 heteroatoms. The first kappa shape index (κ1) is 13.9. The third kappa shape index (κ3) is 3.66. The van der Waals surface area contributed by atoms with Crippen LogP contribution >= 0.6 is 0 Å². The van der Waals surface area contributed by atoms with E-state index >= 15 is 0 Å². The minimum Gasteiger partial charge on any atom is -0.335 e. The van der Waals surface area contributed by atoms with Crippen LogP contribution in [0.3, 0.4) is 0 Å². The zero-order valence-electron chi connectivity index (χ0n) is 11.0. The Morgan fingerprint density at radius 3 is 2.82 bits per heavy atom.